The van der Waals surface area contributed by atoms with Crippen LogP contribution in [-0.2, 0) is 11.3 Å². The number of hydrogen-bond acceptors (Lipinski definition) is 5. The number of H-pyrrole nitrogens is 1. The molecule has 0 bridgehead atoms. The van der Waals surface area contributed by atoms with E-state index in [-0.39, 0.29) is 11.7 Å². The average Bonchev–Trinajstić information content (AvgIpc) is 3.45. The normalized spacial score (nSPS) is 11.4. The predicted octanol–water partition coefficient (Wildman–Crippen LogP) is 3.93. The van der Waals surface area contributed by atoms with Gasteiger partial charge in [0, 0.05) is 29.2 Å². The Morgan fingerprint density at radius 2 is 2.10 bits per heavy atom. The molecule has 0 atom stereocenters. The number of furan rings is 1. The number of benzene rings is 1. The van der Waals surface area contributed by atoms with Crippen molar-refractivity contribution in [3.05, 3.63) is 54.6 Å². The summed E-state index contributed by atoms with van der Waals surface area (Å²) in [6.07, 6.45) is 3.59. The summed E-state index contributed by atoms with van der Waals surface area (Å²) in [4.78, 5) is 15.4. The summed E-state index contributed by atoms with van der Waals surface area (Å²) >= 11 is 1.38. The first kappa shape index (κ1) is 19.3. The lowest BCUT2D eigenvalue weighted by Crippen LogP contribution is -2.28. The smallest absolute Gasteiger partial charge is 0.230 e. The molecule has 4 aromatic rings. The van der Waals surface area contributed by atoms with E-state index in [1.165, 1.54) is 11.8 Å². The Bertz CT molecular complexity index is 1100. The number of nitrogens with one attached hydrogen (secondary N) is 2. The van der Waals surface area contributed by atoms with Gasteiger partial charge in [0.05, 0.1) is 18.6 Å². The van der Waals surface area contributed by atoms with Crippen LogP contribution in [0.15, 0.2) is 58.4 Å². The minimum absolute atomic E-state index is 0.00936. The Labute approximate surface area is 172 Å². The summed E-state index contributed by atoms with van der Waals surface area (Å²) in [6, 6.07) is 11.9. The van der Waals surface area contributed by atoms with E-state index in [0.717, 1.165) is 28.1 Å². The van der Waals surface area contributed by atoms with Crippen molar-refractivity contribution in [2.45, 2.75) is 25.5 Å². The summed E-state index contributed by atoms with van der Waals surface area (Å²) in [6.45, 7) is 5.30. The van der Waals surface area contributed by atoms with Crippen molar-refractivity contribution in [3.63, 3.8) is 0 Å². The molecule has 7 nitrogen and oxygen atoms in total. The van der Waals surface area contributed by atoms with Crippen molar-refractivity contribution < 1.29 is 9.21 Å². The van der Waals surface area contributed by atoms with Crippen LogP contribution in [0.2, 0.25) is 0 Å². The summed E-state index contributed by atoms with van der Waals surface area (Å²) in [5, 5.41) is 13.5. The number of amides is 1. The molecule has 0 radical (unpaired) electrons. The molecule has 4 rings (SSSR count). The number of nitrogens with zero attached hydrogens (tertiary/aromatic N) is 3. The highest BCUT2D eigenvalue weighted by Crippen LogP contribution is 2.30. The fraction of sp³-hybridized carbons (Fsp3) is 0.286. The number of fused-ring (bicyclic) bond motifs is 1. The van der Waals surface area contributed by atoms with Crippen molar-refractivity contribution in [2.75, 3.05) is 12.3 Å². The lowest BCUT2D eigenvalue weighted by Gasteiger charge is -2.09. The molecule has 29 heavy (non-hydrogen) atoms. The van der Waals surface area contributed by atoms with Gasteiger partial charge in [-0.3, -0.25) is 9.36 Å². The van der Waals surface area contributed by atoms with Crippen LogP contribution in [0.4, 0.5) is 0 Å². The molecule has 1 amide bonds. The number of thioether (sulfide) groups is 1. The largest absolute Gasteiger partial charge is 0.467 e. The second kappa shape index (κ2) is 8.57. The third-order valence-corrected chi connectivity index (χ3v) is 5.45. The third-order valence-electron chi connectivity index (χ3n) is 4.48. The molecular weight excluding hydrogens is 386 g/mol. The summed E-state index contributed by atoms with van der Waals surface area (Å²) in [5.74, 6) is 2.24. The maximum Gasteiger partial charge on any atom is 0.230 e. The Balaban J connectivity index is 1.63. The van der Waals surface area contributed by atoms with Gasteiger partial charge >= 0.3 is 0 Å². The maximum absolute atomic E-state index is 12.1. The van der Waals surface area contributed by atoms with Gasteiger partial charge in [-0.2, -0.15) is 0 Å². The second-order valence-corrected chi connectivity index (χ2v) is 8.15. The fourth-order valence-corrected chi connectivity index (χ4v) is 3.82. The summed E-state index contributed by atoms with van der Waals surface area (Å²) in [7, 11) is 0. The van der Waals surface area contributed by atoms with Crippen LogP contribution in [0, 0.1) is 5.92 Å². The first-order chi connectivity index (χ1) is 14.1. The van der Waals surface area contributed by atoms with Gasteiger partial charge in [0.1, 0.15) is 5.76 Å². The number of aromatic nitrogens is 4. The molecule has 150 valence electrons. The molecule has 0 unspecified atom stereocenters. The zero-order valence-corrected chi connectivity index (χ0v) is 17.2. The number of rotatable bonds is 8. The topological polar surface area (TPSA) is 88.7 Å². The van der Waals surface area contributed by atoms with Gasteiger partial charge in [0.25, 0.3) is 0 Å². The lowest BCUT2D eigenvalue weighted by molar-refractivity contribution is -0.118. The highest BCUT2D eigenvalue weighted by atomic mass is 32.2. The Kier molecular flexibility index (Phi) is 5.71. The van der Waals surface area contributed by atoms with Gasteiger partial charge in [-0.25, -0.2) is 0 Å². The van der Waals surface area contributed by atoms with Gasteiger partial charge < -0.3 is 14.7 Å². The molecular formula is C21H23N5O2S. The SMILES string of the molecule is CC(C)CNC(=O)CSc1nnc(-c2c[nH]c3ccccc23)n1Cc1ccco1. The van der Waals surface area contributed by atoms with E-state index in [0.29, 0.717) is 24.2 Å². The van der Waals surface area contributed by atoms with E-state index in [1.54, 1.807) is 6.26 Å². The molecule has 0 saturated heterocycles. The fourth-order valence-electron chi connectivity index (χ4n) is 3.05. The Morgan fingerprint density at radius 3 is 2.90 bits per heavy atom. The standard InChI is InChI=1S/C21H23N5O2S/c1-14(2)10-23-19(27)13-29-21-25-24-20(26(21)12-15-6-5-9-28-15)17-11-22-18-8-4-3-7-16(17)18/h3-9,11,14,22H,10,12-13H2,1-2H3,(H,23,27). The van der Waals surface area contributed by atoms with E-state index >= 15 is 0 Å². The molecule has 0 aliphatic rings. The van der Waals surface area contributed by atoms with Crippen molar-refractivity contribution in [1.82, 2.24) is 25.1 Å². The van der Waals surface area contributed by atoms with Crippen LogP contribution in [-0.4, -0.2) is 38.0 Å². The molecule has 0 aliphatic heterocycles. The predicted molar refractivity (Wildman–Crippen MR) is 114 cm³/mol. The minimum atomic E-state index is -0.00936. The first-order valence-corrected chi connectivity index (χ1v) is 10.5. The molecule has 0 fully saturated rings. The molecule has 2 N–H and O–H groups in total. The van der Waals surface area contributed by atoms with Crippen LogP contribution in [0.25, 0.3) is 22.3 Å². The monoisotopic (exact) mass is 409 g/mol. The number of carbonyl (C=O) groups is 1. The minimum Gasteiger partial charge on any atom is -0.467 e. The molecule has 0 saturated carbocycles. The Morgan fingerprint density at radius 1 is 1.24 bits per heavy atom. The van der Waals surface area contributed by atoms with E-state index < -0.39 is 0 Å². The molecule has 1 aromatic carbocycles. The number of carbonyl (C=O) groups excluding carboxylic acids is 1. The van der Waals surface area contributed by atoms with Crippen LogP contribution < -0.4 is 5.32 Å². The van der Waals surface area contributed by atoms with Gasteiger partial charge in [0.2, 0.25) is 5.91 Å². The second-order valence-electron chi connectivity index (χ2n) is 7.21. The van der Waals surface area contributed by atoms with Crippen molar-refractivity contribution in [3.8, 4) is 11.4 Å². The van der Waals surface area contributed by atoms with E-state index in [2.05, 4.69) is 40.4 Å². The van der Waals surface area contributed by atoms with Gasteiger partial charge in [0.15, 0.2) is 11.0 Å². The molecule has 3 aromatic heterocycles. The number of aromatic amines is 1. The van der Waals surface area contributed by atoms with Gasteiger partial charge in [-0.15, -0.1) is 10.2 Å². The summed E-state index contributed by atoms with van der Waals surface area (Å²) < 4.78 is 7.53. The zero-order valence-electron chi connectivity index (χ0n) is 16.4. The lowest BCUT2D eigenvalue weighted by atomic mass is 10.1. The van der Waals surface area contributed by atoms with Crippen LogP contribution in [0.5, 0.6) is 0 Å². The first-order valence-electron chi connectivity index (χ1n) is 9.53. The molecule has 8 heteroatoms. The highest BCUT2D eigenvalue weighted by Gasteiger charge is 2.19. The van der Waals surface area contributed by atoms with E-state index in [4.69, 9.17) is 4.42 Å². The quantitative estimate of drug-likeness (QED) is 0.431. The molecule has 0 spiro atoms. The van der Waals surface area contributed by atoms with Gasteiger partial charge in [-0.1, -0.05) is 43.8 Å². The van der Waals surface area contributed by atoms with Crippen LogP contribution in [0.3, 0.4) is 0 Å². The van der Waals surface area contributed by atoms with Crippen molar-refractivity contribution in [1.29, 1.82) is 0 Å². The summed E-state index contributed by atoms with van der Waals surface area (Å²) in [5.41, 5.74) is 2.01. The van der Waals surface area contributed by atoms with Crippen LogP contribution >= 0.6 is 11.8 Å². The molecule has 3 heterocycles. The number of para-hydroxylation sites is 1. The highest BCUT2D eigenvalue weighted by molar-refractivity contribution is 7.99. The maximum atomic E-state index is 12.1. The van der Waals surface area contributed by atoms with Crippen LogP contribution in [0.1, 0.15) is 19.6 Å². The van der Waals surface area contributed by atoms with Crippen molar-refractivity contribution in [2.24, 2.45) is 5.92 Å². The van der Waals surface area contributed by atoms with E-state index in [1.807, 2.05) is 41.1 Å². The number of hydrogen-bond donors (Lipinski definition) is 2. The van der Waals surface area contributed by atoms with E-state index in [9.17, 15) is 4.79 Å². The third kappa shape index (κ3) is 4.37. The average molecular weight is 410 g/mol. The van der Waals surface area contributed by atoms with Gasteiger partial charge in [-0.05, 0) is 24.1 Å². The molecule has 0 aliphatic carbocycles. The Hall–Kier alpha value is -3.00. The van der Waals surface area contributed by atoms with Crippen molar-refractivity contribution >= 4 is 28.6 Å². The zero-order chi connectivity index (χ0) is 20.2.